The number of carbonyl (C=O) groups is 1. The van der Waals surface area contributed by atoms with E-state index in [1.165, 1.54) is 5.56 Å². The lowest BCUT2D eigenvalue weighted by Gasteiger charge is -2.31. The van der Waals surface area contributed by atoms with Crippen molar-refractivity contribution < 1.29 is 9.32 Å². The Kier molecular flexibility index (Phi) is 4.24. The molecule has 1 aromatic carbocycles. The molecule has 0 bridgehead atoms. The summed E-state index contributed by atoms with van der Waals surface area (Å²) in [6, 6.07) is 10.3. The molecule has 0 saturated carbocycles. The molecule has 5 heteroatoms. The molecule has 2 heterocycles. The summed E-state index contributed by atoms with van der Waals surface area (Å²) in [5, 5.41) is 7.29. The van der Waals surface area contributed by atoms with Crippen molar-refractivity contribution in [3.8, 4) is 11.3 Å². The topological polar surface area (TPSA) is 58.4 Å². The van der Waals surface area contributed by atoms with Gasteiger partial charge in [-0.25, -0.2) is 0 Å². The lowest BCUT2D eigenvalue weighted by Crippen LogP contribution is -2.43. The lowest BCUT2D eigenvalue weighted by atomic mass is 10.0. The molecule has 0 atom stereocenters. The zero-order valence-corrected chi connectivity index (χ0v) is 13.0. The highest BCUT2D eigenvalue weighted by atomic mass is 16.5. The molecule has 5 nitrogen and oxygen atoms in total. The maximum Gasteiger partial charge on any atom is 0.292 e. The van der Waals surface area contributed by atoms with Crippen molar-refractivity contribution in [2.45, 2.75) is 25.8 Å². The zero-order valence-electron chi connectivity index (χ0n) is 13.0. The number of benzene rings is 1. The molecule has 0 unspecified atom stereocenters. The van der Waals surface area contributed by atoms with Crippen LogP contribution in [0.15, 0.2) is 34.9 Å². The minimum absolute atomic E-state index is 0.0691. The number of nitrogens with zero attached hydrogens (tertiary/aromatic N) is 2. The van der Waals surface area contributed by atoms with Crippen LogP contribution in [0.4, 0.5) is 0 Å². The quantitative estimate of drug-likeness (QED) is 0.946. The Hall–Kier alpha value is -2.14. The summed E-state index contributed by atoms with van der Waals surface area (Å²) in [4.78, 5) is 14.3. The minimum atomic E-state index is -0.0691. The van der Waals surface area contributed by atoms with Crippen molar-refractivity contribution in [1.29, 1.82) is 0 Å². The van der Waals surface area contributed by atoms with Crippen LogP contribution in [-0.4, -0.2) is 42.1 Å². The van der Waals surface area contributed by atoms with Crippen LogP contribution in [0.2, 0.25) is 0 Å². The third-order valence-electron chi connectivity index (χ3n) is 4.26. The number of hydrogen-bond acceptors (Lipinski definition) is 4. The van der Waals surface area contributed by atoms with Crippen molar-refractivity contribution in [3.63, 3.8) is 0 Å². The Morgan fingerprint density at radius 1 is 1.27 bits per heavy atom. The van der Waals surface area contributed by atoms with Crippen molar-refractivity contribution >= 4 is 5.91 Å². The molecular weight excluding hydrogens is 278 g/mol. The molecule has 0 radical (unpaired) electrons. The number of hydrogen-bond donors (Lipinski definition) is 1. The second-order valence-electron chi connectivity index (χ2n) is 5.80. The first-order valence-electron chi connectivity index (χ1n) is 7.67. The molecule has 1 aliphatic heterocycles. The van der Waals surface area contributed by atoms with E-state index >= 15 is 0 Å². The number of amides is 1. The summed E-state index contributed by atoms with van der Waals surface area (Å²) >= 11 is 0. The second-order valence-corrected chi connectivity index (χ2v) is 5.80. The van der Waals surface area contributed by atoms with Crippen molar-refractivity contribution in [3.05, 3.63) is 41.7 Å². The van der Waals surface area contributed by atoms with Gasteiger partial charge in [0.05, 0.1) is 0 Å². The molecule has 116 valence electrons. The van der Waals surface area contributed by atoms with E-state index in [1.54, 1.807) is 6.07 Å². The van der Waals surface area contributed by atoms with Gasteiger partial charge in [0.25, 0.3) is 5.91 Å². The van der Waals surface area contributed by atoms with E-state index in [-0.39, 0.29) is 5.91 Å². The highest BCUT2D eigenvalue weighted by Gasteiger charge is 2.25. The largest absolute Gasteiger partial charge is 0.350 e. The minimum Gasteiger partial charge on any atom is -0.350 e. The number of aryl methyl sites for hydroxylation is 1. The first-order valence-corrected chi connectivity index (χ1v) is 7.67. The molecule has 3 rings (SSSR count). The summed E-state index contributed by atoms with van der Waals surface area (Å²) < 4.78 is 5.26. The van der Waals surface area contributed by atoms with E-state index < -0.39 is 0 Å². The van der Waals surface area contributed by atoms with Gasteiger partial charge in [-0.3, -0.25) is 4.79 Å². The predicted molar refractivity (Wildman–Crippen MR) is 84.7 cm³/mol. The number of piperidine rings is 1. The van der Waals surface area contributed by atoms with Crippen molar-refractivity contribution in [2.24, 2.45) is 0 Å². The van der Waals surface area contributed by atoms with Gasteiger partial charge in [-0.05, 0) is 26.8 Å². The molecule has 1 N–H and O–H groups in total. The van der Waals surface area contributed by atoms with Gasteiger partial charge in [0.15, 0.2) is 0 Å². The van der Waals surface area contributed by atoms with Crippen LogP contribution < -0.4 is 5.32 Å². The third kappa shape index (κ3) is 3.04. The van der Waals surface area contributed by atoms with Crippen LogP contribution in [0.3, 0.4) is 0 Å². The van der Waals surface area contributed by atoms with Gasteiger partial charge in [0, 0.05) is 30.8 Å². The molecule has 1 fully saturated rings. The SMILES string of the molecule is CNC1CCN(C(=O)c2cc(-c3ccc(C)cc3)no2)CC1. The van der Waals surface area contributed by atoms with Crippen LogP contribution in [-0.2, 0) is 0 Å². The Balaban J connectivity index is 1.71. The standard InChI is InChI=1S/C17H21N3O2/c1-12-3-5-13(6-4-12)15-11-16(22-19-15)17(21)20-9-7-14(18-2)8-10-20/h3-6,11,14,18H,7-10H2,1-2H3. The van der Waals surface area contributed by atoms with Gasteiger partial charge in [-0.15, -0.1) is 0 Å². The number of rotatable bonds is 3. The molecule has 1 saturated heterocycles. The molecule has 22 heavy (non-hydrogen) atoms. The summed E-state index contributed by atoms with van der Waals surface area (Å²) in [5.74, 6) is 0.249. The van der Waals surface area contributed by atoms with Gasteiger partial charge in [-0.1, -0.05) is 35.0 Å². The Morgan fingerprint density at radius 2 is 1.95 bits per heavy atom. The van der Waals surface area contributed by atoms with E-state index in [4.69, 9.17) is 4.52 Å². The number of likely N-dealkylation sites (tertiary alicyclic amines) is 1. The molecule has 0 spiro atoms. The highest BCUT2D eigenvalue weighted by Crippen LogP contribution is 2.21. The Labute approximate surface area is 130 Å². The first kappa shape index (κ1) is 14.8. The average Bonchev–Trinajstić information content (AvgIpc) is 3.05. The fourth-order valence-corrected chi connectivity index (χ4v) is 2.76. The van der Waals surface area contributed by atoms with Crippen LogP contribution in [0.5, 0.6) is 0 Å². The van der Waals surface area contributed by atoms with E-state index in [1.807, 2.05) is 43.1 Å². The normalized spacial score (nSPS) is 16.0. The van der Waals surface area contributed by atoms with Crippen LogP contribution in [0.25, 0.3) is 11.3 Å². The number of carbonyl (C=O) groups excluding carboxylic acids is 1. The number of nitrogens with one attached hydrogen (secondary N) is 1. The van der Waals surface area contributed by atoms with Crippen molar-refractivity contribution in [1.82, 2.24) is 15.4 Å². The van der Waals surface area contributed by atoms with Gasteiger partial charge in [0.1, 0.15) is 5.69 Å². The van der Waals surface area contributed by atoms with E-state index in [9.17, 15) is 4.79 Å². The summed E-state index contributed by atoms with van der Waals surface area (Å²) in [7, 11) is 1.96. The highest BCUT2D eigenvalue weighted by molar-refractivity contribution is 5.92. The fraction of sp³-hybridized carbons (Fsp3) is 0.412. The Morgan fingerprint density at radius 3 is 2.59 bits per heavy atom. The number of aromatic nitrogens is 1. The summed E-state index contributed by atoms with van der Waals surface area (Å²) in [6.45, 7) is 3.55. The van der Waals surface area contributed by atoms with Crippen LogP contribution in [0.1, 0.15) is 29.0 Å². The molecule has 2 aromatic rings. The van der Waals surface area contributed by atoms with Gasteiger partial charge in [0.2, 0.25) is 5.76 Å². The molecule has 0 aliphatic carbocycles. The van der Waals surface area contributed by atoms with Gasteiger partial charge < -0.3 is 14.7 Å². The Bertz CT molecular complexity index is 640. The maximum atomic E-state index is 12.5. The molecule has 1 amide bonds. The first-order chi connectivity index (χ1) is 10.7. The van der Waals surface area contributed by atoms with E-state index in [2.05, 4.69) is 10.5 Å². The summed E-state index contributed by atoms with van der Waals surface area (Å²) in [5.41, 5.74) is 2.85. The smallest absolute Gasteiger partial charge is 0.292 e. The van der Waals surface area contributed by atoms with Gasteiger partial charge in [-0.2, -0.15) is 0 Å². The predicted octanol–water partition coefficient (Wildman–Crippen LogP) is 2.47. The maximum absolute atomic E-state index is 12.5. The zero-order chi connectivity index (χ0) is 15.5. The molecular formula is C17H21N3O2. The van der Waals surface area contributed by atoms with E-state index in [0.29, 0.717) is 17.5 Å². The van der Waals surface area contributed by atoms with Gasteiger partial charge >= 0.3 is 0 Å². The molecule has 1 aliphatic rings. The lowest BCUT2D eigenvalue weighted by molar-refractivity contribution is 0.0665. The fourth-order valence-electron chi connectivity index (χ4n) is 2.76. The van der Waals surface area contributed by atoms with Crippen LogP contribution in [0, 0.1) is 6.92 Å². The van der Waals surface area contributed by atoms with E-state index in [0.717, 1.165) is 31.5 Å². The van der Waals surface area contributed by atoms with Crippen molar-refractivity contribution in [2.75, 3.05) is 20.1 Å². The summed E-state index contributed by atoms with van der Waals surface area (Å²) in [6.07, 6.45) is 1.95. The monoisotopic (exact) mass is 299 g/mol. The third-order valence-corrected chi connectivity index (χ3v) is 4.26. The van der Waals surface area contributed by atoms with Crippen LogP contribution >= 0.6 is 0 Å². The molecule has 1 aromatic heterocycles. The second kappa shape index (κ2) is 6.32. The average molecular weight is 299 g/mol.